The molecule has 0 unspecified atom stereocenters. The van der Waals surface area contributed by atoms with Crippen molar-refractivity contribution in [2.24, 2.45) is 0 Å². The summed E-state index contributed by atoms with van der Waals surface area (Å²) in [6.07, 6.45) is 0. The van der Waals surface area contributed by atoms with Crippen molar-refractivity contribution in [3.63, 3.8) is 0 Å². The molecule has 0 radical (unpaired) electrons. The van der Waals surface area contributed by atoms with Gasteiger partial charge in [-0.25, -0.2) is 4.39 Å². The van der Waals surface area contributed by atoms with Crippen molar-refractivity contribution in [1.29, 1.82) is 5.26 Å². The average molecular weight is 297 g/mol. The maximum absolute atomic E-state index is 13.4. The number of hydrogen-bond donors (Lipinski definition) is 0. The number of halogens is 1. The SMILES string of the molecule is N#Cc1cc(F)cc(Sc2nnnn2-c2ccccc2)c1. The molecule has 0 bridgehead atoms. The van der Waals surface area contributed by atoms with Crippen LogP contribution in [-0.4, -0.2) is 20.2 Å². The number of para-hydroxylation sites is 1. The lowest BCUT2D eigenvalue weighted by atomic mass is 10.2. The Morgan fingerprint density at radius 1 is 1.14 bits per heavy atom. The predicted molar refractivity (Wildman–Crippen MR) is 74.4 cm³/mol. The lowest BCUT2D eigenvalue weighted by Crippen LogP contribution is -1.98. The number of rotatable bonds is 3. The van der Waals surface area contributed by atoms with E-state index in [1.165, 1.54) is 23.9 Å². The maximum Gasteiger partial charge on any atom is 0.218 e. The van der Waals surface area contributed by atoms with Gasteiger partial charge in [0, 0.05) is 4.90 Å². The fourth-order valence-electron chi connectivity index (χ4n) is 1.77. The van der Waals surface area contributed by atoms with E-state index in [1.54, 1.807) is 10.7 Å². The van der Waals surface area contributed by atoms with Crippen molar-refractivity contribution in [2.45, 2.75) is 10.1 Å². The van der Waals surface area contributed by atoms with Crippen LogP contribution in [0.1, 0.15) is 5.56 Å². The normalized spacial score (nSPS) is 10.3. The molecule has 3 aromatic rings. The first kappa shape index (κ1) is 13.3. The highest BCUT2D eigenvalue weighted by atomic mass is 32.2. The molecule has 0 aliphatic heterocycles. The van der Waals surface area contributed by atoms with E-state index in [-0.39, 0.29) is 5.56 Å². The Morgan fingerprint density at radius 3 is 2.71 bits per heavy atom. The second kappa shape index (κ2) is 5.73. The minimum atomic E-state index is -0.463. The van der Waals surface area contributed by atoms with Gasteiger partial charge in [0.15, 0.2) is 0 Å². The van der Waals surface area contributed by atoms with Crippen molar-refractivity contribution < 1.29 is 4.39 Å². The van der Waals surface area contributed by atoms with E-state index in [0.717, 1.165) is 5.69 Å². The number of nitrogens with zero attached hydrogens (tertiary/aromatic N) is 5. The summed E-state index contributed by atoms with van der Waals surface area (Å²) in [5.41, 5.74) is 1.07. The molecule has 0 aliphatic carbocycles. The number of aromatic nitrogens is 4. The summed E-state index contributed by atoms with van der Waals surface area (Å²) in [6.45, 7) is 0. The second-order valence-corrected chi connectivity index (χ2v) is 5.14. The minimum Gasteiger partial charge on any atom is -0.207 e. The summed E-state index contributed by atoms with van der Waals surface area (Å²) in [7, 11) is 0. The average Bonchev–Trinajstić information content (AvgIpc) is 2.95. The van der Waals surface area contributed by atoms with Gasteiger partial charge in [-0.3, -0.25) is 0 Å². The minimum absolute atomic E-state index is 0.260. The zero-order valence-corrected chi connectivity index (χ0v) is 11.5. The van der Waals surface area contributed by atoms with E-state index in [1.807, 2.05) is 36.4 Å². The largest absolute Gasteiger partial charge is 0.218 e. The highest BCUT2D eigenvalue weighted by Crippen LogP contribution is 2.28. The van der Waals surface area contributed by atoms with Crippen LogP contribution in [0.3, 0.4) is 0 Å². The van der Waals surface area contributed by atoms with Crippen LogP contribution >= 0.6 is 11.8 Å². The van der Waals surface area contributed by atoms with Crippen molar-refractivity contribution in [3.05, 3.63) is 59.9 Å². The van der Waals surface area contributed by atoms with Crippen LogP contribution in [0.4, 0.5) is 4.39 Å². The maximum atomic E-state index is 13.4. The van der Waals surface area contributed by atoms with E-state index < -0.39 is 5.82 Å². The molecular formula is C14H8FN5S. The third kappa shape index (κ3) is 2.90. The Labute approximate surface area is 124 Å². The van der Waals surface area contributed by atoms with Gasteiger partial charge in [0.1, 0.15) is 5.82 Å². The molecule has 0 N–H and O–H groups in total. The Morgan fingerprint density at radius 2 is 1.95 bits per heavy atom. The molecule has 1 heterocycles. The third-order valence-electron chi connectivity index (χ3n) is 2.65. The molecule has 0 atom stereocenters. The van der Waals surface area contributed by atoms with E-state index in [4.69, 9.17) is 5.26 Å². The van der Waals surface area contributed by atoms with Crippen LogP contribution in [0.25, 0.3) is 5.69 Å². The molecule has 102 valence electrons. The Bertz CT molecular complexity index is 810. The van der Waals surface area contributed by atoms with Crippen LogP contribution in [0, 0.1) is 17.1 Å². The van der Waals surface area contributed by atoms with Gasteiger partial charge in [0.2, 0.25) is 5.16 Å². The van der Waals surface area contributed by atoms with Crippen molar-refractivity contribution >= 4 is 11.8 Å². The van der Waals surface area contributed by atoms with Crippen molar-refractivity contribution in [3.8, 4) is 11.8 Å². The first-order valence-corrected chi connectivity index (χ1v) is 6.80. The number of nitriles is 1. The summed E-state index contributed by atoms with van der Waals surface area (Å²) >= 11 is 1.20. The molecular weight excluding hydrogens is 289 g/mol. The monoisotopic (exact) mass is 297 g/mol. The third-order valence-corrected chi connectivity index (χ3v) is 3.56. The summed E-state index contributed by atoms with van der Waals surface area (Å²) in [6, 6.07) is 15.4. The van der Waals surface area contributed by atoms with Crippen LogP contribution in [-0.2, 0) is 0 Å². The van der Waals surface area contributed by atoms with E-state index in [2.05, 4.69) is 15.5 Å². The van der Waals surface area contributed by atoms with Crippen molar-refractivity contribution in [2.75, 3.05) is 0 Å². The molecule has 21 heavy (non-hydrogen) atoms. The fraction of sp³-hybridized carbons (Fsp3) is 0. The van der Waals surface area contributed by atoms with E-state index in [0.29, 0.717) is 10.1 Å². The van der Waals surface area contributed by atoms with Gasteiger partial charge < -0.3 is 0 Å². The molecule has 0 saturated heterocycles. The lowest BCUT2D eigenvalue weighted by molar-refractivity contribution is 0.623. The quantitative estimate of drug-likeness (QED) is 0.743. The first-order chi connectivity index (χ1) is 10.3. The van der Waals surface area contributed by atoms with Gasteiger partial charge in [-0.2, -0.15) is 9.94 Å². The molecule has 0 aliphatic rings. The van der Waals surface area contributed by atoms with Gasteiger partial charge in [-0.05, 0) is 52.5 Å². The van der Waals surface area contributed by atoms with Crippen LogP contribution in [0.15, 0.2) is 58.6 Å². The summed E-state index contributed by atoms with van der Waals surface area (Å²) in [5.74, 6) is -0.463. The second-order valence-electron chi connectivity index (χ2n) is 4.10. The van der Waals surface area contributed by atoms with Gasteiger partial charge >= 0.3 is 0 Å². The molecule has 1 aromatic heterocycles. The molecule has 2 aromatic carbocycles. The Kier molecular flexibility index (Phi) is 3.62. The number of tetrazole rings is 1. The molecule has 7 heteroatoms. The lowest BCUT2D eigenvalue weighted by Gasteiger charge is -2.04. The van der Waals surface area contributed by atoms with Gasteiger partial charge in [-0.15, -0.1) is 5.10 Å². The van der Waals surface area contributed by atoms with Gasteiger partial charge in [0.25, 0.3) is 0 Å². The molecule has 5 nitrogen and oxygen atoms in total. The predicted octanol–water partition coefficient (Wildman–Crippen LogP) is 2.82. The fourth-order valence-corrected chi connectivity index (χ4v) is 2.64. The van der Waals surface area contributed by atoms with Crippen LogP contribution in [0.2, 0.25) is 0 Å². The number of benzene rings is 2. The topological polar surface area (TPSA) is 67.4 Å². The molecule has 0 saturated carbocycles. The van der Waals surface area contributed by atoms with E-state index >= 15 is 0 Å². The highest BCUT2D eigenvalue weighted by molar-refractivity contribution is 7.99. The van der Waals surface area contributed by atoms with Crippen molar-refractivity contribution in [1.82, 2.24) is 20.2 Å². The summed E-state index contributed by atoms with van der Waals surface area (Å²) < 4.78 is 15.0. The zero-order chi connectivity index (χ0) is 14.7. The number of hydrogen-bond acceptors (Lipinski definition) is 5. The summed E-state index contributed by atoms with van der Waals surface area (Å²) in [4.78, 5) is 0.568. The van der Waals surface area contributed by atoms with Crippen LogP contribution < -0.4 is 0 Å². The van der Waals surface area contributed by atoms with Gasteiger partial charge in [0.05, 0.1) is 17.3 Å². The van der Waals surface area contributed by atoms with Crippen LogP contribution in [0.5, 0.6) is 0 Å². The van der Waals surface area contributed by atoms with E-state index in [9.17, 15) is 4.39 Å². The molecule has 0 spiro atoms. The summed E-state index contributed by atoms with van der Waals surface area (Å²) in [5, 5.41) is 20.9. The molecule has 0 amide bonds. The molecule has 0 fully saturated rings. The Hall–Kier alpha value is -2.72. The Balaban J connectivity index is 1.95. The van der Waals surface area contributed by atoms with Gasteiger partial charge in [-0.1, -0.05) is 18.2 Å². The standard InChI is InChI=1S/C14H8FN5S/c15-11-6-10(9-16)7-13(8-11)21-14-17-18-19-20(14)12-4-2-1-3-5-12/h1-8H. The first-order valence-electron chi connectivity index (χ1n) is 5.98. The smallest absolute Gasteiger partial charge is 0.207 e. The highest BCUT2D eigenvalue weighted by Gasteiger charge is 2.11. The molecule has 3 rings (SSSR count). The zero-order valence-electron chi connectivity index (χ0n) is 10.6.